The van der Waals surface area contributed by atoms with E-state index in [0.29, 0.717) is 10.7 Å². The van der Waals surface area contributed by atoms with Crippen molar-refractivity contribution >= 4 is 15.9 Å². The number of aromatic nitrogens is 3. The molecule has 1 aliphatic rings. The Morgan fingerprint density at radius 3 is 2.88 bits per heavy atom. The van der Waals surface area contributed by atoms with Gasteiger partial charge in [-0.25, -0.2) is 9.67 Å². The number of rotatable bonds is 4. The maximum absolute atomic E-state index is 4.43. The van der Waals surface area contributed by atoms with Crippen LogP contribution < -0.4 is 0 Å². The summed E-state index contributed by atoms with van der Waals surface area (Å²) in [6, 6.07) is 0. The van der Waals surface area contributed by atoms with Gasteiger partial charge in [0.25, 0.3) is 0 Å². The van der Waals surface area contributed by atoms with E-state index in [4.69, 9.17) is 0 Å². The summed E-state index contributed by atoms with van der Waals surface area (Å²) < 4.78 is 2.08. The smallest absolute Gasteiger partial charge is 0.138 e. The van der Waals surface area contributed by atoms with E-state index in [1.165, 1.54) is 25.7 Å². The molecule has 1 aliphatic carbocycles. The Morgan fingerprint density at radius 2 is 2.18 bits per heavy atom. The molecular formula is C13H22BrN3. The van der Waals surface area contributed by atoms with E-state index in [1.54, 1.807) is 6.33 Å². The van der Waals surface area contributed by atoms with Crippen LogP contribution >= 0.6 is 15.9 Å². The quantitative estimate of drug-likeness (QED) is 0.798. The minimum absolute atomic E-state index is 0.626. The minimum Gasteiger partial charge on any atom is -0.250 e. The molecule has 1 aromatic heterocycles. The normalized spacial score (nSPS) is 25.4. The number of alkyl halides is 1. The molecule has 1 aromatic rings. The van der Waals surface area contributed by atoms with Gasteiger partial charge in [0.15, 0.2) is 0 Å². The van der Waals surface area contributed by atoms with Crippen molar-refractivity contribution in [2.45, 2.75) is 57.3 Å². The topological polar surface area (TPSA) is 30.7 Å². The van der Waals surface area contributed by atoms with Crippen molar-refractivity contribution in [1.29, 1.82) is 0 Å². The highest BCUT2D eigenvalue weighted by Crippen LogP contribution is 2.31. The average Bonchev–Trinajstić information content (AvgIpc) is 2.68. The van der Waals surface area contributed by atoms with E-state index in [9.17, 15) is 0 Å². The Labute approximate surface area is 112 Å². The Morgan fingerprint density at radius 1 is 1.41 bits per heavy atom. The second kappa shape index (κ2) is 5.98. The number of hydrogen-bond donors (Lipinski definition) is 0. The average molecular weight is 300 g/mol. The van der Waals surface area contributed by atoms with Gasteiger partial charge in [0, 0.05) is 17.8 Å². The summed E-state index contributed by atoms with van der Waals surface area (Å²) in [5.41, 5.74) is 0. The molecule has 2 unspecified atom stereocenters. The lowest BCUT2D eigenvalue weighted by Crippen LogP contribution is -2.23. The highest BCUT2D eigenvalue weighted by atomic mass is 79.9. The molecule has 0 N–H and O–H groups in total. The molecule has 1 heterocycles. The van der Waals surface area contributed by atoms with Gasteiger partial charge >= 0.3 is 0 Å². The van der Waals surface area contributed by atoms with E-state index in [2.05, 4.69) is 44.5 Å². The molecule has 17 heavy (non-hydrogen) atoms. The second-order valence-corrected chi connectivity index (χ2v) is 6.69. The zero-order chi connectivity index (χ0) is 12.3. The molecule has 2 atom stereocenters. The monoisotopic (exact) mass is 299 g/mol. The van der Waals surface area contributed by atoms with Crippen LogP contribution in [0.15, 0.2) is 6.33 Å². The lowest BCUT2D eigenvalue weighted by atomic mass is 9.86. The maximum atomic E-state index is 4.43. The van der Waals surface area contributed by atoms with Crippen LogP contribution in [0.25, 0.3) is 0 Å². The summed E-state index contributed by atoms with van der Waals surface area (Å²) in [5, 5.41) is 4.34. The third-order valence-corrected chi connectivity index (χ3v) is 4.70. The summed E-state index contributed by atoms with van der Waals surface area (Å²) in [5.74, 6) is 2.52. The number of halogens is 1. The largest absolute Gasteiger partial charge is 0.250 e. The Balaban J connectivity index is 1.99. The van der Waals surface area contributed by atoms with E-state index < -0.39 is 0 Å². The van der Waals surface area contributed by atoms with Gasteiger partial charge in [0.05, 0.1) is 0 Å². The fourth-order valence-electron chi connectivity index (χ4n) is 2.57. The van der Waals surface area contributed by atoms with Gasteiger partial charge in [-0.1, -0.05) is 42.6 Å². The van der Waals surface area contributed by atoms with Crippen LogP contribution in [0.2, 0.25) is 0 Å². The molecule has 96 valence electrons. The van der Waals surface area contributed by atoms with Crippen molar-refractivity contribution in [1.82, 2.24) is 14.8 Å². The molecule has 0 radical (unpaired) electrons. The Bertz CT molecular complexity index is 348. The fraction of sp³-hybridized carbons (Fsp3) is 0.846. The van der Waals surface area contributed by atoms with Gasteiger partial charge in [0.1, 0.15) is 12.2 Å². The van der Waals surface area contributed by atoms with Crippen LogP contribution in [0, 0.1) is 11.8 Å². The highest BCUT2D eigenvalue weighted by Gasteiger charge is 2.24. The van der Waals surface area contributed by atoms with Crippen molar-refractivity contribution < 1.29 is 0 Å². The van der Waals surface area contributed by atoms with Crippen LogP contribution in [0.3, 0.4) is 0 Å². The third kappa shape index (κ3) is 3.54. The Kier molecular flexibility index (Phi) is 4.60. The van der Waals surface area contributed by atoms with Crippen molar-refractivity contribution in [3.63, 3.8) is 0 Å². The van der Waals surface area contributed by atoms with Crippen LogP contribution in [-0.2, 0) is 13.0 Å². The maximum Gasteiger partial charge on any atom is 0.138 e. The lowest BCUT2D eigenvalue weighted by molar-refractivity contribution is 0.356. The molecule has 0 spiro atoms. The summed E-state index contributed by atoms with van der Waals surface area (Å²) in [6.07, 6.45) is 8.13. The van der Waals surface area contributed by atoms with Gasteiger partial charge in [0.2, 0.25) is 0 Å². The summed E-state index contributed by atoms with van der Waals surface area (Å²) >= 11 is 3.82. The molecule has 1 fully saturated rings. The lowest BCUT2D eigenvalue weighted by Gasteiger charge is -2.27. The minimum atomic E-state index is 0.626. The zero-order valence-electron chi connectivity index (χ0n) is 10.8. The standard InChI is InChI=1S/C13H22BrN3/c1-10(2)8-17-13(15-9-16-17)7-11-5-3-4-6-12(11)14/h9-12H,3-8H2,1-2H3. The predicted molar refractivity (Wildman–Crippen MR) is 73.2 cm³/mol. The Hall–Kier alpha value is -0.380. The summed E-state index contributed by atoms with van der Waals surface area (Å²) in [4.78, 5) is 5.10. The van der Waals surface area contributed by atoms with Crippen LogP contribution in [0.1, 0.15) is 45.4 Å². The fourth-order valence-corrected chi connectivity index (χ4v) is 3.35. The molecule has 0 aliphatic heterocycles. The molecule has 4 heteroatoms. The zero-order valence-corrected chi connectivity index (χ0v) is 12.4. The van der Waals surface area contributed by atoms with Gasteiger partial charge in [-0.05, 0) is 24.7 Å². The number of hydrogen-bond acceptors (Lipinski definition) is 2. The van der Waals surface area contributed by atoms with E-state index in [0.717, 1.165) is 24.7 Å². The third-order valence-electron chi connectivity index (χ3n) is 3.49. The van der Waals surface area contributed by atoms with Gasteiger partial charge < -0.3 is 0 Å². The second-order valence-electron chi connectivity index (χ2n) is 5.52. The molecule has 0 amide bonds. The van der Waals surface area contributed by atoms with Gasteiger partial charge in [-0.15, -0.1) is 0 Å². The van der Waals surface area contributed by atoms with Gasteiger partial charge in [-0.2, -0.15) is 5.10 Å². The molecular weight excluding hydrogens is 278 g/mol. The first-order valence-corrected chi connectivity index (χ1v) is 7.59. The number of nitrogens with zero attached hydrogens (tertiary/aromatic N) is 3. The molecule has 1 saturated carbocycles. The first kappa shape index (κ1) is 13.1. The van der Waals surface area contributed by atoms with Crippen molar-refractivity contribution in [3.05, 3.63) is 12.2 Å². The van der Waals surface area contributed by atoms with Gasteiger partial charge in [-0.3, -0.25) is 0 Å². The SMILES string of the molecule is CC(C)Cn1ncnc1CC1CCCCC1Br. The highest BCUT2D eigenvalue weighted by molar-refractivity contribution is 9.09. The first-order chi connectivity index (χ1) is 8.16. The first-order valence-electron chi connectivity index (χ1n) is 6.67. The summed E-state index contributed by atoms with van der Waals surface area (Å²) in [7, 11) is 0. The van der Waals surface area contributed by atoms with E-state index >= 15 is 0 Å². The van der Waals surface area contributed by atoms with E-state index in [-0.39, 0.29) is 0 Å². The molecule has 3 nitrogen and oxygen atoms in total. The van der Waals surface area contributed by atoms with Crippen molar-refractivity contribution in [2.24, 2.45) is 11.8 Å². The van der Waals surface area contributed by atoms with Crippen LogP contribution in [0.5, 0.6) is 0 Å². The van der Waals surface area contributed by atoms with E-state index in [1.807, 2.05) is 0 Å². The van der Waals surface area contributed by atoms with Crippen molar-refractivity contribution in [2.75, 3.05) is 0 Å². The molecule has 0 bridgehead atoms. The molecule has 0 saturated heterocycles. The van der Waals surface area contributed by atoms with Crippen molar-refractivity contribution in [3.8, 4) is 0 Å². The molecule has 0 aromatic carbocycles. The predicted octanol–water partition coefficient (Wildman–Crippen LogP) is 3.43. The summed E-state index contributed by atoms with van der Waals surface area (Å²) in [6.45, 7) is 5.42. The van der Waals surface area contributed by atoms with Crippen LogP contribution in [-0.4, -0.2) is 19.6 Å². The molecule has 2 rings (SSSR count). The van der Waals surface area contributed by atoms with Crippen LogP contribution in [0.4, 0.5) is 0 Å².